The van der Waals surface area contributed by atoms with Gasteiger partial charge in [-0.05, 0) is 53.6 Å². The molecule has 0 radical (unpaired) electrons. The summed E-state index contributed by atoms with van der Waals surface area (Å²) < 4.78 is 5.76. The average Bonchev–Trinajstić information content (AvgIpc) is 2.82. The van der Waals surface area contributed by atoms with E-state index in [1.807, 2.05) is 0 Å². The molecule has 1 N–H and O–H groups in total. The zero-order chi connectivity index (χ0) is 15.3. The molecule has 2 rings (SSSR count). The van der Waals surface area contributed by atoms with Gasteiger partial charge >= 0.3 is 0 Å². The molecular formula is C16H28N4O. The standard InChI is InChI=1S/C16H28N4O/c1-16(2,3)18-11-13-10-17-12-15(19-13)21-9-7-14-6-5-8-20(14)4/h10,12,14,18H,5-9,11H2,1-4H3. The van der Waals surface area contributed by atoms with Crippen LogP contribution in [0.5, 0.6) is 5.88 Å². The number of rotatable bonds is 6. The van der Waals surface area contributed by atoms with Crippen molar-refractivity contribution in [2.24, 2.45) is 0 Å². The molecular weight excluding hydrogens is 264 g/mol. The Labute approximate surface area is 128 Å². The van der Waals surface area contributed by atoms with E-state index < -0.39 is 0 Å². The summed E-state index contributed by atoms with van der Waals surface area (Å²) in [6, 6.07) is 0.656. The Morgan fingerprint density at radius 2 is 2.19 bits per heavy atom. The molecule has 1 aliphatic heterocycles. The number of nitrogens with one attached hydrogen (secondary N) is 1. The first kappa shape index (κ1) is 16.2. The van der Waals surface area contributed by atoms with Crippen molar-refractivity contribution in [3.63, 3.8) is 0 Å². The third-order valence-corrected chi connectivity index (χ3v) is 3.83. The number of hydrogen-bond donors (Lipinski definition) is 1. The molecule has 5 heteroatoms. The van der Waals surface area contributed by atoms with Gasteiger partial charge in [0.15, 0.2) is 0 Å². The topological polar surface area (TPSA) is 50.3 Å². The van der Waals surface area contributed by atoms with Crippen LogP contribution in [0.15, 0.2) is 12.4 Å². The van der Waals surface area contributed by atoms with E-state index in [2.05, 4.69) is 48.0 Å². The summed E-state index contributed by atoms with van der Waals surface area (Å²) in [5.41, 5.74) is 0.992. The highest BCUT2D eigenvalue weighted by Crippen LogP contribution is 2.18. The van der Waals surface area contributed by atoms with Crippen molar-refractivity contribution >= 4 is 0 Å². The highest BCUT2D eigenvalue weighted by molar-refractivity contribution is 5.08. The average molecular weight is 292 g/mol. The lowest BCUT2D eigenvalue weighted by Gasteiger charge is -2.20. The maximum atomic E-state index is 5.76. The predicted molar refractivity (Wildman–Crippen MR) is 84.4 cm³/mol. The van der Waals surface area contributed by atoms with Crippen molar-refractivity contribution in [2.75, 3.05) is 20.2 Å². The quantitative estimate of drug-likeness (QED) is 0.871. The van der Waals surface area contributed by atoms with E-state index >= 15 is 0 Å². The number of hydrogen-bond acceptors (Lipinski definition) is 5. The molecule has 1 unspecified atom stereocenters. The molecule has 0 amide bonds. The van der Waals surface area contributed by atoms with Gasteiger partial charge in [0.2, 0.25) is 5.88 Å². The Morgan fingerprint density at radius 3 is 2.86 bits per heavy atom. The Bertz CT molecular complexity index is 444. The van der Waals surface area contributed by atoms with Crippen LogP contribution < -0.4 is 10.1 Å². The van der Waals surface area contributed by atoms with Crippen LogP contribution in [0.3, 0.4) is 0 Å². The first-order chi connectivity index (χ1) is 9.94. The van der Waals surface area contributed by atoms with Crippen molar-refractivity contribution in [3.8, 4) is 5.88 Å². The van der Waals surface area contributed by atoms with Crippen molar-refractivity contribution in [1.29, 1.82) is 0 Å². The van der Waals surface area contributed by atoms with E-state index in [0.717, 1.165) is 12.1 Å². The van der Waals surface area contributed by atoms with Crippen LogP contribution in [-0.4, -0.2) is 46.6 Å². The second kappa shape index (κ2) is 7.18. The van der Waals surface area contributed by atoms with Gasteiger partial charge in [0.05, 0.1) is 18.5 Å². The lowest BCUT2D eigenvalue weighted by Crippen LogP contribution is -2.35. The summed E-state index contributed by atoms with van der Waals surface area (Å²) in [6.07, 6.45) is 7.12. The molecule has 21 heavy (non-hydrogen) atoms. The van der Waals surface area contributed by atoms with Gasteiger partial charge in [-0.1, -0.05) is 0 Å². The molecule has 0 spiro atoms. The number of ether oxygens (including phenoxy) is 1. The first-order valence-electron chi connectivity index (χ1n) is 7.83. The molecule has 0 aliphatic carbocycles. The molecule has 5 nitrogen and oxygen atoms in total. The predicted octanol–water partition coefficient (Wildman–Crippen LogP) is 2.23. The van der Waals surface area contributed by atoms with E-state index in [9.17, 15) is 0 Å². The van der Waals surface area contributed by atoms with E-state index in [0.29, 0.717) is 25.1 Å². The molecule has 0 saturated carbocycles. The Hall–Kier alpha value is -1.20. The summed E-state index contributed by atoms with van der Waals surface area (Å²) in [5, 5.41) is 3.41. The van der Waals surface area contributed by atoms with Crippen LogP contribution in [0, 0.1) is 0 Å². The van der Waals surface area contributed by atoms with Crippen LogP contribution >= 0.6 is 0 Å². The normalized spacial score (nSPS) is 19.9. The second-order valence-corrected chi connectivity index (χ2v) is 6.87. The summed E-state index contributed by atoms with van der Waals surface area (Å²) in [4.78, 5) is 11.1. The SMILES string of the molecule is CN1CCCC1CCOc1cncc(CNC(C)(C)C)n1. The van der Waals surface area contributed by atoms with Crippen LogP contribution in [0.4, 0.5) is 0 Å². The fourth-order valence-electron chi connectivity index (χ4n) is 2.54. The fourth-order valence-corrected chi connectivity index (χ4v) is 2.54. The molecule has 1 fully saturated rings. The highest BCUT2D eigenvalue weighted by Gasteiger charge is 2.20. The van der Waals surface area contributed by atoms with Crippen LogP contribution in [0.1, 0.15) is 45.7 Å². The fraction of sp³-hybridized carbons (Fsp3) is 0.750. The third-order valence-electron chi connectivity index (χ3n) is 3.83. The van der Waals surface area contributed by atoms with E-state index in [4.69, 9.17) is 4.74 Å². The zero-order valence-corrected chi connectivity index (χ0v) is 13.7. The van der Waals surface area contributed by atoms with Gasteiger partial charge in [0.1, 0.15) is 0 Å². The zero-order valence-electron chi connectivity index (χ0n) is 13.7. The Kier molecular flexibility index (Phi) is 5.53. The molecule has 1 aromatic rings. The van der Waals surface area contributed by atoms with Crippen molar-refractivity contribution < 1.29 is 4.74 Å². The number of nitrogens with zero attached hydrogens (tertiary/aromatic N) is 3. The molecule has 1 aliphatic rings. The minimum Gasteiger partial charge on any atom is -0.477 e. The Morgan fingerprint density at radius 1 is 1.38 bits per heavy atom. The lowest BCUT2D eigenvalue weighted by molar-refractivity contribution is 0.227. The summed E-state index contributed by atoms with van der Waals surface area (Å²) in [6.45, 7) is 9.04. The smallest absolute Gasteiger partial charge is 0.232 e. The van der Waals surface area contributed by atoms with Gasteiger partial charge in [-0.15, -0.1) is 0 Å². The molecule has 2 heterocycles. The molecule has 1 atom stereocenters. The summed E-state index contributed by atoms with van der Waals surface area (Å²) in [5.74, 6) is 0.629. The Balaban J connectivity index is 1.78. The largest absolute Gasteiger partial charge is 0.477 e. The number of likely N-dealkylation sites (tertiary alicyclic amines) is 1. The van der Waals surface area contributed by atoms with E-state index in [1.165, 1.54) is 19.4 Å². The maximum absolute atomic E-state index is 5.76. The van der Waals surface area contributed by atoms with Crippen LogP contribution in [0.2, 0.25) is 0 Å². The van der Waals surface area contributed by atoms with Gasteiger partial charge in [-0.2, -0.15) is 0 Å². The highest BCUT2D eigenvalue weighted by atomic mass is 16.5. The molecule has 1 saturated heterocycles. The minimum absolute atomic E-state index is 0.0750. The van der Waals surface area contributed by atoms with Gasteiger partial charge in [-0.25, -0.2) is 4.98 Å². The summed E-state index contributed by atoms with van der Waals surface area (Å²) >= 11 is 0. The van der Waals surface area contributed by atoms with Crippen molar-refractivity contribution in [2.45, 2.75) is 58.2 Å². The first-order valence-corrected chi connectivity index (χ1v) is 7.83. The van der Waals surface area contributed by atoms with Gasteiger partial charge in [0.25, 0.3) is 0 Å². The van der Waals surface area contributed by atoms with Gasteiger partial charge in [-0.3, -0.25) is 4.98 Å². The van der Waals surface area contributed by atoms with Crippen LogP contribution in [-0.2, 0) is 6.54 Å². The minimum atomic E-state index is 0.0750. The van der Waals surface area contributed by atoms with Crippen molar-refractivity contribution in [3.05, 3.63) is 18.1 Å². The van der Waals surface area contributed by atoms with E-state index in [1.54, 1.807) is 12.4 Å². The monoisotopic (exact) mass is 292 g/mol. The van der Waals surface area contributed by atoms with Gasteiger partial charge in [0, 0.05) is 24.3 Å². The molecule has 0 bridgehead atoms. The van der Waals surface area contributed by atoms with Gasteiger partial charge < -0.3 is 15.0 Å². The lowest BCUT2D eigenvalue weighted by atomic mass is 10.1. The molecule has 0 aromatic carbocycles. The molecule has 118 valence electrons. The summed E-state index contributed by atoms with van der Waals surface area (Å²) in [7, 11) is 2.19. The third kappa shape index (κ3) is 5.59. The number of aromatic nitrogens is 2. The van der Waals surface area contributed by atoms with Crippen LogP contribution in [0.25, 0.3) is 0 Å². The maximum Gasteiger partial charge on any atom is 0.232 e. The van der Waals surface area contributed by atoms with Crippen molar-refractivity contribution in [1.82, 2.24) is 20.2 Å². The second-order valence-electron chi connectivity index (χ2n) is 6.87. The molecule has 1 aromatic heterocycles. The van der Waals surface area contributed by atoms with E-state index in [-0.39, 0.29) is 5.54 Å².